The van der Waals surface area contributed by atoms with Crippen molar-refractivity contribution >= 4 is 23.2 Å². The molecule has 156 valence electrons. The molecule has 1 aliphatic heterocycles. The molecule has 30 heavy (non-hydrogen) atoms. The van der Waals surface area contributed by atoms with E-state index >= 15 is 0 Å². The Kier molecular flexibility index (Phi) is 6.33. The first kappa shape index (κ1) is 21.2. The quantitative estimate of drug-likeness (QED) is 0.420. The standard InChI is InChI=1S/C25H27O4P/c1-18-24(27)23(25(28)29-18)22(26)17-30(19-11-5-2-6-12-19,20-13-7-3-8-14-20)21-15-9-4-10-16-21/h2-16,18,22,24-28H,17H2,1H3/t18-,22?,24?,25?/m1/s1. The smallest absolute Gasteiger partial charge is 0.111 e. The van der Waals surface area contributed by atoms with Crippen LogP contribution in [-0.2, 0) is 4.74 Å². The van der Waals surface area contributed by atoms with Gasteiger partial charge < -0.3 is 20.1 Å². The lowest BCUT2D eigenvalue weighted by Crippen LogP contribution is -2.43. The molecule has 3 N–H and O–H groups in total. The second-order valence-corrected chi connectivity index (χ2v) is 11.2. The summed E-state index contributed by atoms with van der Waals surface area (Å²) in [5.74, 6) is 0.245. The Morgan fingerprint density at radius 1 is 0.800 bits per heavy atom. The SMILES string of the molecule is C[C@H]1OC(O)[C-](C(O)C[P+](c2ccccc2)(c2ccccc2)c2ccccc2)C1O. The zero-order chi connectivity index (χ0) is 21.1. The van der Waals surface area contributed by atoms with Gasteiger partial charge in [0.2, 0.25) is 0 Å². The van der Waals surface area contributed by atoms with Crippen LogP contribution >= 0.6 is 7.26 Å². The fourth-order valence-corrected chi connectivity index (χ4v) is 8.61. The van der Waals surface area contributed by atoms with Crippen molar-refractivity contribution in [3.8, 4) is 0 Å². The molecule has 0 saturated carbocycles. The summed E-state index contributed by atoms with van der Waals surface area (Å²) in [6.07, 6.45) is -3.48. The summed E-state index contributed by atoms with van der Waals surface area (Å²) in [5, 5.41) is 35.6. The van der Waals surface area contributed by atoms with E-state index in [4.69, 9.17) is 4.74 Å². The average Bonchev–Trinajstić information content (AvgIpc) is 3.05. The van der Waals surface area contributed by atoms with Gasteiger partial charge in [0.15, 0.2) is 0 Å². The molecule has 3 aromatic rings. The summed E-state index contributed by atoms with van der Waals surface area (Å²) in [6.45, 7) is 1.70. The second kappa shape index (κ2) is 8.97. The van der Waals surface area contributed by atoms with Gasteiger partial charge in [0, 0.05) is 6.29 Å². The summed E-state index contributed by atoms with van der Waals surface area (Å²) >= 11 is 0. The molecule has 0 aliphatic carbocycles. The maximum Gasteiger partial charge on any atom is 0.111 e. The summed E-state index contributed by atoms with van der Waals surface area (Å²) in [5.41, 5.74) is 0. The van der Waals surface area contributed by atoms with E-state index in [1.165, 1.54) is 0 Å². The molecule has 1 fully saturated rings. The van der Waals surface area contributed by atoms with Gasteiger partial charge in [-0.1, -0.05) is 54.6 Å². The highest BCUT2D eigenvalue weighted by Crippen LogP contribution is 2.56. The van der Waals surface area contributed by atoms with Gasteiger partial charge in [0.05, 0.1) is 12.3 Å². The number of aliphatic hydroxyl groups excluding tert-OH is 3. The van der Waals surface area contributed by atoms with Crippen LogP contribution in [0.3, 0.4) is 0 Å². The molecule has 4 atom stereocenters. The maximum absolute atomic E-state index is 11.3. The Hall–Kier alpha value is -2.07. The van der Waals surface area contributed by atoms with Crippen molar-refractivity contribution in [2.75, 3.05) is 6.16 Å². The number of benzene rings is 3. The van der Waals surface area contributed by atoms with E-state index in [0.29, 0.717) is 6.16 Å². The lowest BCUT2D eigenvalue weighted by Gasteiger charge is -2.39. The van der Waals surface area contributed by atoms with E-state index in [2.05, 4.69) is 36.4 Å². The Balaban J connectivity index is 1.87. The van der Waals surface area contributed by atoms with Gasteiger partial charge in [0.25, 0.3) is 0 Å². The van der Waals surface area contributed by atoms with Crippen molar-refractivity contribution in [1.82, 2.24) is 0 Å². The molecular weight excluding hydrogens is 395 g/mol. The highest BCUT2D eigenvalue weighted by molar-refractivity contribution is 7.95. The molecule has 0 radical (unpaired) electrons. The minimum atomic E-state index is -2.28. The van der Waals surface area contributed by atoms with E-state index < -0.39 is 31.9 Å². The van der Waals surface area contributed by atoms with Gasteiger partial charge >= 0.3 is 0 Å². The lowest BCUT2D eigenvalue weighted by atomic mass is 9.96. The number of hydrogen-bond donors (Lipinski definition) is 3. The van der Waals surface area contributed by atoms with Crippen molar-refractivity contribution in [3.05, 3.63) is 96.9 Å². The molecule has 0 aromatic heterocycles. The first-order chi connectivity index (χ1) is 14.5. The van der Waals surface area contributed by atoms with Gasteiger partial charge in [-0.3, -0.25) is 0 Å². The summed E-state index contributed by atoms with van der Waals surface area (Å²) in [7, 11) is -2.28. The Morgan fingerprint density at radius 2 is 1.20 bits per heavy atom. The van der Waals surface area contributed by atoms with Crippen LogP contribution in [0.4, 0.5) is 0 Å². The largest absolute Gasteiger partial charge is 0.422 e. The van der Waals surface area contributed by atoms with Gasteiger partial charge in [-0.2, -0.15) is 5.92 Å². The first-order valence-corrected chi connectivity index (χ1v) is 12.1. The highest BCUT2D eigenvalue weighted by atomic mass is 31.2. The Bertz CT molecular complexity index is 838. The normalized spacial score (nSPS) is 23.4. The van der Waals surface area contributed by atoms with Gasteiger partial charge in [-0.05, 0) is 55.5 Å². The molecule has 5 heteroatoms. The van der Waals surface area contributed by atoms with Crippen LogP contribution in [0.5, 0.6) is 0 Å². The second-order valence-electron chi connectivity index (χ2n) is 7.65. The summed E-state index contributed by atoms with van der Waals surface area (Å²) < 4.78 is 5.36. The van der Waals surface area contributed by atoms with Gasteiger partial charge in [0.1, 0.15) is 23.2 Å². The Morgan fingerprint density at radius 3 is 1.53 bits per heavy atom. The molecule has 0 amide bonds. The topological polar surface area (TPSA) is 69.9 Å². The number of rotatable bonds is 6. The van der Waals surface area contributed by atoms with E-state index in [1.807, 2.05) is 54.6 Å². The van der Waals surface area contributed by atoms with Crippen molar-refractivity contribution in [1.29, 1.82) is 0 Å². The maximum atomic E-state index is 11.3. The van der Waals surface area contributed by atoms with Crippen LogP contribution in [-0.4, -0.2) is 46.1 Å². The molecule has 1 saturated heterocycles. The van der Waals surface area contributed by atoms with Crippen molar-refractivity contribution < 1.29 is 20.1 Å². The summed E-state index contributed by atoms with van der Waals surface area (Å²) in [4.78, 5) is 0. The molecule has 1 heterocycles. The fraction of sp³-hybridized carbons (Fsp3) is 0.240. The van der Waals surface area contributed by atoms with Crippen molar-refractivity contribution in [3.63, 3.8) is 0 Å². The zero-order valence-corrected chi connectivity index (χ0v) is 17.8. The minimum Gasteiger partial charge on any atom is -0.422 e. The average molecular weight is 422 g/mol. The van der Waals surface area contributed by atoms with Crippen LogP contribution in [0.25, 0.3) is 0 Å². The monoisotopic (exact) mass is 422 g/mol. The molecular formula is C25H27O4P. The highest BCUT2D eigenvalue weighted by Gasteiger charge is 2.47. The van der Waals surface area contributed by atoms with E-state index in [1.54, 1.807) is 6.92 Å². The van der Waals surface area contributed by atoms with Crippen LogP contribution in [0.15, 0.2) is 91.0 Å². The third-order valence-corrected chi connectivity index (χ3v) is 10.3. The molecule has 4 nitrogen and oxygen atoms in total. The van der Waals surface area contributed by atoms with Crippen molar-refractivity contribution in [2.45, 2.75) is 31.5 Å². The van der Waals surface area contributed by atoms with Gasteiger partial charge in [-0.25, -0.2) is 0 Å². The zero-order valence-electron chi connectivity index (χ0n) is 16.9. The number of hydrogen-bond acceptors (Lipinski definition) is 4. The molecule has 1 aliphatic rings. The predicted molar refractivity (Wildman–Crippen MR) is 122 cm³/mol. The van der Waals surface area contributed by atoms with E-state index in [9.17, 15) is 15.3 Å². The first-order valence-electron chi connectivity index (χ1n) is 10.2. The Labute approximate surface area is 178 Å². The molecule has 3 aromatic carbocycles. The van der Waals surface area contributed by atoms with Crippen LogP contribution in [0.2, 0.25) is 0 Å². The van der Waals surface area contributed by atoms with E-state index in [0.717, 1.165) is 15.9 Å². The predicted octanol–water partition coefficient (Wildman–Crippen LogP) is 2.01. The number of aliphatic hydroxyl groups is 3. The third-order valence-electron chi connectivity index (χ3n) is 5.84. The van der Waals surface area contributed by atoms with Crippen molar-refractivity contribution in [2.24, 2.45) is 0 Å². The van der Waals surface area contributed by atoms with Crippen LogP contribution in [0, 0.1) is 5.92 Å². The van der Waals surface area contributed by atoms with Gasteiger partial charge in [-0.15, -0.1) is 0 Å². The third kappa shape index (κ3) is 3.82. The van der Waals surface area contributed by atoms with E-state index in [-0.39, 0.29) is 5.92 Å². The summed E-state index contributed by atoms with van der Waals surface area (Å²) in [6, 6.07) is 30.7. The molecule has 4 rings (SSSR count). The van der Waals surface area contributed by atoms with Crippen LogP contribution < -0.4 is 15.9 Å². The molecule has 0 spiro atoms. The fourth-order valence-electron chi connectivity index (χ4n) is 4.31. The number of ether oxygens (including phenoxy) is 1. The van der Waals surface area contributed by atoms with Crippen LogP contribution in [0.1, 0.15) is 6.92 Å². The minimum absolute atomic E-state index is 0.245. The lowest BCUT2D eigenvalue weighted by molar-refractivity contribution is -0.0888. The molecule has 0 bridgehead atoms. The molecule has 3 unspecified atom stereocenters.